The summed E-state index contributed by atoms with van der Waals surface area (Å²) in [5.41, 5.74) is 2.65. The van der Waals surface area contributed by atoms with Crippen molar-refractivity contribution in [3.05, 3.63) is 53.9 Å². The van der Waals surface area contributed by atoms with E-state index in [1.807, 2.05) is 12.1 Å². The van der Waals surface area contributed by atoms with Crippen LogP contribution < -0.4 is 0 Å². The molecule has 0 saturated heterocycles. The van der Waals surface area contributed by atoms with Gasteiger partial charge in [0.05, 0.1) is 0 Å². The van der Waals surface area contributed by atoms with Gasteiger partial charge in [0.1, 0.15) is 0 Å². The van der Waals surface area contributed by atoms with Crippen molar-refractivity contribution in [2.24, 2.45) is 0 Å². The number of aromatic nitrogens is 1. The number of hydrogen-bond donors (Lipinski definition) is 2. The molecule has 0 atom stereocenters. The number of hydrogen-bond acceptors (Lipinski definition) is 3. The van der Waals surface area contributed by atoms with E-state index < -0.39 is 5.79 Å². The van der Waals surface area contributed by atoms with Gasteiger partial charge in [0, 0.05) is 29.1 Å². The summed E-state index contributed by atoms with van der Waals surface area (Å²) in [5, 5.41) is 20.1. The van der Waals surface area contributed by atoms with Gasteiger partial charge in [-0.1, -0.05) is 24.3 Å². The first kappa shape index (κ1) is 8.59. The Hall–Kier alpha value is -1.71. The number of nitrogens with zero attached hydrogens (tertiary/aromatic N) is 1. The topological polar surface area (TPSA) is 53.4 Å². The number of benzene rings is 1. The maximum Gasteiger partial charge on any atom is 0.218 e. The third kappa shape index (κ3) is 0.988. The van der Waals surface area contributed by atoms with Gasteiger partial charge in [-0.3, -0.25) is 4.98 Å². The molecule has 1 aromatic carbocycles. The summed E-state index contributed by atoms with van der Waals surface area (Å²) in [5.74, 6) is -1.88. The Bertz CT molecular complexity index is 487. The minimum Gasteiger partial charge on any atom is -0.358 e. The molecule has 1 aliphatic carbocycles. The van der Waals surface area contributed by atoms with Gasteiger partial charge in [0.25, 0.3) is 0 Å². The molecule has 3 rings (SSSR count). The van der Waals surface area contributed by atoms with E-state index in [1.165, 1.54) is 0 Å². The van der Waals surface area contributed by atoms with E-state index in [2.05, 4.69) is 4.98 Å². The standard InChI is InChI=1S/C12H9NO2/c14-12(15)10-4-2-1-3-8(10)9-7-13-6-5-11(9)12/h1-7,14-15H. The lowest BCUT2D eigenvalue weighted by Gasteiger charge is -2.17. The van der Waals surface area contributed by atoms with Crippen molar-refractivity contribution >= 4 is 0 Å². The average Bonchev–Trinajstić information content (AvgIpc) is 2.51. The van der Waals surface area contributed by atoms with Gasteiger partial charge in [-0.2, -0.15) is 0 Å². The first-order chi connectivity index (χ1) is 7.21. The molecule has 74 valence electrons. The average molecular weight is 199 g/mol. The molecule has 0 unspecified atom stereocenters. The van der Waals surface area contributed by atoms with Crippen molar-refractivity contribution in [3.63, 3.8) is 0 Å². The molecule has 2 N–H and O–H groups in total. The van der Waals surface area contributed by atoms with E-state index in [1.54, 1.807) is 30.6 Å². The molecule has 0 radical (unpaired) electrons. The Kier molecular flexibility index (Phi) is 1.52. The highest BCUT2D eigenvalue weighted by molar-refractivity contribution is 5.78. The number of fused-ring (bicyclic) bond motifs is 3. The van der Waals surface area contributed by atoms with E-state index in [0.717, 1.165) is 11.1 Å². The molecule has 0 fully saturated rings. The SMILES string of the molecule is OC1(O)c2ccccc2-c2cnccc21. The Morgan fingerprint density at radius 2 is 1.67 bits per heavy atom. The van der Waals surface area contributed by atoms with E-state index in [0.29, 0.717) is 11.1 Å². The van der Waals surface area contributed by atoms with Crippen molar-refractivity contribution in [1.82, 2.24) is 4.98 Å². The Morgan fingerprint density at radius 3 is 2.53 bits per heavy atom. The summed E-state index contributed by atoms with van der Waals surface area (Å²) in [6, 6.07) is 8.88. The highest BCUT2D eigenvalue weighted by atomic mass is 16.5. The van der Waals surface area contributed by atoms with Crippen LogP contribution in [-0.4, -0.2) is 15.2 Å². The summed E-state index contributed by atoms with van der Waals surface area (Å²) < 4.78 is 0. The minimum absolute atomic E-state index is 0.499. The van der Waals surface area contributed by atoms with Gasteiger partial charge in [-0.15, -0.1) is 0 Å². The molecule has 0 spiro atoms. The second-order valence-corrected chi connectivity index (χ2v) is 3.64. The highest BCUT2D eigenvalue weighted by Gasteiger charge is 2.39. The summed E-state index contributed by atoms with van der Waals surface area (Å²) >= 11 is 0. The molecule has 15 heavy (non-hydrogen) atoms. The Morgan fingerprint density at radius 1 is 0.933 bits per heavy atom. The van der Waals surface area contributed by atoms with Crippen molar-refractivity contribution in [1.29, 1.82) is 0 Å². The molecule has 3 nitrogen and oxygen atoms in total. The zero-order valence-corrected chi connectivity index (χ0v) is 7.88. The lowest BCUT2D eigenvalue weighted by atomic mass is 10.1. The first-order valence-corrected chi connectivity index (χ1v) is 4.70. The van der Waals surface area contributed by atoms with Gasteiger partial charge >= 0.3 is 0 Å². The number of pyridine rings is 1. The van der Waals surface area contributed by atoms with Crippen LogP contribution >= 0.6 is 0 Å². The molecular weight excluding hydrogens is 190 g/mol. The first-order valence-electron chi connectivity index (χ1n) is 4.70. The molecular formula is C12H9NO2. The van der Waals surface area contributed by atoms with Crippen LogP contribution in [0, 0.1) is 0 Å². The van der Waals surface area contributed by atoms with Crippen LogP contribution in [0.1, 0.15) is 11.1 Å². The van der Waals surface area contributed by atoms with Gasteiger partial charge in [0.15, 0.2) is 0 Å². The Balaban J connectivity index is 2.42. The van der Waals surface area contributed by atoms with Gasteiger partial charge in [-0.25, -0.2) is 0 Å². The Labute approximate surface area is 86.7 Å². The maximum atomic E-state index is 10.0. The van der Waals surface area contributed by atoms with Crippen LogP contribution in [0.15, 0.2) is 42.7 Å². The molecule has 2 aromatic rings. The molecule has 3 heteroatoms. The summed E-state index contributed by atoms with van der Waals surface area (Å²) in [6.45, 7) is 0. The van der Waals surface area contributed by atoms with Crippen LogP contribution in [0.2, 0.25) is 0 Å². The predicted octanol–water partition coefficient (Wildman–Crippen LogP) is 1.25. The van der Waals surface area contributed by atoms with E-state index in [9.17, 15) is 10.2 Å². The van der Waals surface area contributed by atoms with Crippen LogP contribution in [0.3, 0.4) is 0 Å². The van der Waals surface area contributed by atoms with Crippen LogP contribution in [-0.2, 0) is 5.79 Å². The molecule has 1 heterocycles. The second kappa shape index (κ2) is 2.66. The zero-order chi connectivity index (χ0) is 10.5. The van der Waals surface area contributed by atoms with E-state index in [4.69, 9.17) is 0 Å². The van der Waals surface area contributed by atoms with Gasteiger partial charge in [-0.05, 0) is 11.6 Å². The third-order valence-corrected chi connectivity index (χ3v) is 2.79. The van der Waals surface area contributed by atoms with Gasteiger partial charge < -0.3 is 10.2 Å². The van der Waals surface area contributed by atoms with Crippen molar-refractivity contribution < 1.29 is 10.2 Å². The number of aliphatic hydroxyl groups is 2. The van der Waals surface area contributed by atoms with Crippen LogP contribution in [0.4, 0.5) is 0 Å². The van der Waals surface area contributed by atoms with Gasteiger partial charge in [0.2, 0.25) is 5.79 Å². The third-order valence-electron chi connectivity index (χ3n) is 2.79. The highest BCUT2D eigenvalue weighted by Crippen LogP contribution is 2.44. The summed E-state index contributed by atoms with van der Waals surface area (Å²) in [7, 11) is 0. The smallest absolute Gasteiger partial charge is 0.218 e. The summed E-state index contributed by atoms with van der Waals surface area (Å²) in [4.78, 5) is 4.00. The van der Waals surface area contributed by atoms with Crippen molar-refractivity contribution in [2.45, 2.75) is 5.79 Å². The van der Waals surface area contributed by atoms with E-state index in [-0.39, 0.29) is 0 Å². The summed E-state index contributed by atoms with van der Waals surface area (Å²) in [6.07, 6.45) is 3.22. The predicted molar refractivity (Wildman–Crippen MR) is 54.9 cm³/mol. The second-order valence-electron chi connectivity index (χ2n) is 3.64. The monoisotopic (exact) mass is 199 g/mol. The zero-order valence-electron chi connectivity index (χ0n) is 7.88. The molecule has 1 aromatic heterocycles. The van der Waals surface area contributed by atoms with Crippen LogP contribution in [0.5, 0.6) is 0 Å². The fraction of sp³-hybridized carbons (Fsp3) is 0.0833. The lowest BCUT2D eigenvalue weighted by molar-refractivity contribution is -0.128. The fourth-order valence-corrected chi connectivity index (χ4v) is 2.08. The molecule has 1 aliphatic rings. The van der Waals surface area contributed by atoms with Crippen molar-refractivity contribution in [3.8, 4) is 11.1 Å². The molecule has 0 amide bonds. The van der Waals surface area contributed by atoms with Crippen molar-refractivity contribution in [2.75, 3.05) is 0 Å². The normalized spacial score (nSPS) is 15.9. The number of rotatable bonds is 0. The quantitative estimate of drug-likeness (QED) is 0.628. The minimum atomic E-state index is -1.88. The maximum absolute atomic E-state index is 10.0. The molecule has 0 aliphatic heterocycles. The van der Waals surface area contributed by atoms with E-state index >= 15 is 0 Å². The lowest BCUT2D eigenvalue weighted by Crippen LogP contribution is -2.23. The molecule has 0 saturated carbocycles. The largest absolute Gasteiger partial charge is 0.358 e. The molecule has 0 bridgehead atoms. The van der Waals surface area contributed by atoms with Crippen LogP contribution in [0.25, 0.3) is 11.1 Å². The fourth-order valence-electron chi connectivity index (χ4n) is 2.08.